The van der Waals surface area contributed by atoms with Crippen LogP contribution >= 0.6 is 0 Å². The molecule has 0 saturated carbocycles. The number of amides is 1. The van der Waals surface area contributed by atoms with Gasteiger partial charge in [0, 0.05) is 25.6 Å². The molecule has 2 aliphatic heterocycles. The van der Waals surface area contributed by atoms with Crippen LogP contribution in [0.15, 0.2) is 29.1 Å². The number of carbonyl (C=O) groups excluding carboxylic acids is 1. The molecule has 1 saturated heterocycles. The minimum atomic E-state index is -0.110. The molecule has 2 aliphatic rings. The van der Waals surface area contributed by atoms with E-state index in [1.807, 2.05) is 16.7 Å². The molecule has 0 spiro atoms. The van der Waals surface area contributed by atoms with Crippen LogP contribution in [0.4, 0.5) is 0 Å². The summed E-state index contributed by atoms with van der Waals surface area (Å²) in [5.41, 5.74) is 1.57. The lowest BCUT2D eigenvalue weighted by Gasteiger charge is -2.27. The first-order valence-corrected chi connectivity index (χ1v) is 9.87. The van der Waals surface area contributed by atoms with E-state index in [-0.39, 0.29) is 17.6 Å². The summed E-state index contributed by atoms with van der Waals surface area (Å²) < 4.78 is 3.51. The van der Waals surface area contributed by atoms with E-state index in [4.69, 9.17) is 0 Å². The van der Waals surface area contributed by atoms with Crippen molar-refractivity contribution in [1.29, 1.82) is 0 Å². The van der Waals surface area contributed by atoms with Crippen LogP contribution in [0.1, 0.15) is 53.5 Å². The second kappa shape index (κ2) is 7.68. The molecule has 1 atom stereocenters. The largest absolute Gasteiger partial charge is 0.355 e. The Kier molecular flexibility index (Phi) is 5.11. The molecule has 0 radical (unpaired) electrons. The molecule has 2 aromatic rings. The number of hydrogen-bond acceptors (Lipinski definition) is 4. The van der Waals surface area contributed by atoms with Gasteiger partial charge in [0.05, 0.1) is 12.6 Å². The Balaban J connectivity index is 1.53. The third-order valence-electron chi connectivity index (χ3n) is 5.69. The maximum atomic E-state index is 13.0. The van der Waals surface area contributed by atoms with E-state index in [0.29, 0.717) is 12.1 Å². The fourth-order valence-corrected chi connectivity index (χ4v) is 4.25. The minimum absolute atomic E-state index is 0.00993. The Labute approximate surface area is 159 Å². The number of aromatic nitrogens is 3. The molecule has 7 heteroatoms. The van der Waals surface area contributed by atoms with Gasteiger partial charge in [0.1, 0.15) is 5.82 Å². The Hall–Kier alpha value is -2.41. The number of rotatable bonds is 5. The zero-order valence-corrected chi connectivity index (χ0v) is 15.9. The van der Waals surface area contributed by atoms with Crippen molar-refractivity contribution in [1.82, 2.24) is 24.6 Å². The van der Waals surface area contributed by atoms with E-state index in [1.165, 1.54) is 12.8 Å². The van der Waals surface area contributed by atoms with Gasteiger partial charge in [-0.25, -0.2) is 9.48 Å². The fraction of sp³-hybridized carbons (Fsp3) is 0.550. The highest BCUT2D eigenvalue weighted by atomic mass is 16.2. The molecule has 7 nitrogen and oxygen atoms in total. The van der Waals surface area contributed by atoms with Gasteiger partial charge < -0.3 is 10.2 Å². The van der Waals surface area contributed by atoms with Gasteiger partial charge in [0.25, 0.3) is 5.91 Å². The maximum Gasteiger partial charge on any atom is 0.346 e. The first kappa shape index (κ1) is 18.0. The van der Waals surface area contributed by atoms with Crippen molar-refractivity contribution in [2.75, 3.05) is 26.7 Å². The SMILES string of the molecule is CNC(=O)c1ccc(Cn2nc3n(c2=O)C(CN2CCCC2)CCC3)cc1. The molecule has 1 amide bonds. The second-order valence-corrected chi connectivity index (χ2v) is 7.56. The van der Waals surface area contributed by atoms with Crippen LogP contribution in [-0.2, 0) is 13.0 Å². The average molecular weight is 369 g/mol. The van der Waals surface area contributed by atoms with Crippen LogP contribution in [0.25, 0.3) is 0 Å². The van der Waals surface area contributed by atoms with Crippen molar-refractivity contribution in [3.63, 3.8) is 0 Å². The van der Waals surface area contributed by atoms with Gasteiger partial charge in [-0.1, -0.05) is 12.1 Å². The summed E-state index contributed by atoms with van der Waals surface area (Å²) in [7, 11) is 1.62. The van der Waals surface area contributed by atoms with Crippen molar-refractivity contribution in [3.05, 3.63) is 51.7 Å². The highest BCUT2D eigenvalue weighted by molar-refractivity contribution is 5.93. The molecule has 0 aliphatic carbocycles. The quantitative estimate of drug-likeness (QED) is 0.865. The van der Waals surface area contributed by atoms with Crippen LogP contribution < -0.4 is 11.0 Å². The highest BCUT2D eigenvalue weighted by Gasteiger charge is 2.27. The van der Waals surface area contributed by atoms with Crippen LogP contribution in [0, 0.1) is 0 Å². The van der Waals surface area contributed by atoms with Crippen LogP contribution in [0.2, 0.25) is 0 Å². The van der Waals surface area contributed by atoms with Crippen molar-refractivity contribution in [2.24, 2.45) is 0 Å². The first-order chi connectivity index (χ1) is 13.2. The monoisotopic (exact) mass is 369 g/mol. The van der Waals surface area contributed by atoms with E-state index in [0.717, 1.165) is 50.3 Å². The van der Waals surface area contributed by atoms with Crippen molar-refractivity contribution in [2.45, 2.75) is 44.7 Å². The number of nitrogens with zero attached hydrogens (tertiary/aromatic N) is 4. The minimum Gasteiger partial charge on any atom is -0.355 e. The Morgan fingerprint density at radius 3 is 2.63 bits per heavy atom. The summed E-state index contributed by atoms with van der Waals surface area (Å²) in [6, 6.07) is 7.58. The standard InChI is InChI=1S/C20H27N5O2/c1-21-19(26)16-9-7-15(8-10-16)13-24-20(27)25-17(5-4-6-18(25)22-24)14-23-11-2-3-12-23/h7-10,17H,2-6,11-14H2,1H3,(H,21,26). The number of carbonyl (C=O) groups is 1. The summed E-state index contributed by atoms with van der Waals surface area (Å²) in [5, 5.41) is 7.23. The van der Waals surface area contributed by atoms with Gasteiger partial charge in [-0.3, -0.25) is 9.36 Å². The smallest absolute Gasteiger partial charge is 0.346 e. The van der Waals surface area contributed by atoms with Crippen LogP contribution in [-0.4, -0.2) is 51.8 Å². The summed E-state index contributed by atoms with van der Waals surface area (Å²) in [5.74, 6) is 0.804. The number of hydrogen-bond donors (Lipinski definition) is 1. The van der Waals surface area contributed by atoms with Gasteiger partial charge in [-0.15, -0.1) is 0 Å². The Morgan fingerprint density at radius 2 is 1.93 bits per heavy atom. The van der Waals surface area contributed by atoms with Crippen molar-refractivity contribution in [3.8, 4) is 0 Å². The molecule has 1 aromatic carbocycles. The molecule has 1 unspecified atom stereocenters. The summed E-state index contributed by atoms with van der Waals surface area (Å²) in [6.07, 6.45) is 5.54. The van der Waals surface area contributed by atoms with E-state index in [2.05, 4.69) is 15.3 Å². The zero-order chi connectivity index (χ0) is 18.8. The molecule has 3 heterocycles. The molecule has 1 fully saturated rings. The van der Waals surface area contributed by atoms with E-state index >= 15 is 0 Å². The van der Waals surface area contributed by atoms with Gasteiger partial charge in [0.2, 0.25) is 0 Å². The Bertz CT molecular complexity index is 861. The maximum absolute atomic E-state index is 13.0. The molecule has 1 aromatic heterocycles. The van der Waals surface area contributed by atoms with E-state index in [9.17, 15) is 9.59 Å². The average Bonchev–Trinajstić information content (AvgIpc) is 3.31. The molecular weight excluding hydrogens is 342 g/mol. The summed E-state index contributed by atoms with van der Waals surface area (Å²) in [4.78, 5) is 27.1. The zero-order valence-electron chi connectivity index (χ0n) is 15.9. The molecule has 0 bridgehead atoms. The second-order valence-electron chi connectivity index (χ2n) is 7.56. The topological polar surface area (TPSA) is 72.2 Å². The predicted octanol–water partition coefficient (Wildman–Crippen LogP) is 1.43. The lowest BCUT2D eigenvalue weighted by Crippen LogP contribution is -2.37. The molecule has 1 N–H and O–H groups in total. The predicted molar refractivity (Wildman–Crippen MR) is 103 cm³/mol. The van der Waals surface area contributed by atoms with Gasteiger partial charge in [0.15, 0.2) is 0 Å². The number of fused-ring (bicyclic) bond motifs is 1. The lowest BCUT2D eigenvalue weighted by atomic mass is 10.0. The Morgan fingerprint density at radius 1 is 1.19 bits per heavy atom. The van der Waals surface area contributed by atoms with Gasteiger partial charge in [-0.2, -0.15) is 5.10 Å². The summed E-state index contributed by atoms with van der Waals surface area (Å²) >= 11 is 0. The van der Waals surface area contributed by atoms with Crippen molar-refractivity contribution < 1.29 is 4.79 Å². The fourth-order valence-electron chi connectivity index (χ4n) is 4.25. The normalized spacial score (nSPS) is 19.8. The van der Waals surface area contributed by atoms with Crippen molar-refractivity contribution >= 4 is 5.91 Å². The third kappa shape index (κ3) is 3.69. The molecule has 27 heavy (non-hydrogen) atoms. The number of nitrogens with one attached hydrogen (secondary N) is 1. The van der Waals surface area contributed by atoms with Gasteiger partial charge in [-0.05, 0) is 56.5 Å². The molecular formula is C20H27N5O2. The van der Waals surface area contributed by atoms with E-state index < -0.39 is 0 Å². The number of likely N-dealkylation sites (tertiary alicyclic amines) is 1. The lowest BCUT2D eigenvalue weighted by molar-refractivity contribution is 0.0963. The third-order valence-corrected chi connectivity index (χ3v) is 5.69. The molecule has 144 valence electrons. The van der Waals surface area contributed by atoms with Gasteiger partial charge >= 0.3 is 5.69 Å². The number of aryl methyl sites for hydroxylation is 1. The van der Waals surface area contributed by atoms with E-state index in [1.54, 1.807) is 23.9 Å². The first-order valence-electron chi connectivity index (χ1n) is 9.87. The summed E-state index contributed by atoms with van der Waals surface area (Å²) in [6.45, 7) is 3.68. The van der Waals surface area contributed by atoms with Crippen LogP contribution in [0.5, 0.6) is 0 Å². The molecule has 4 rings (SSSR count). The highest BCUT2D eigenvalue weighted by Crippen LogP contribution is 2.24. The number of benzene rings is 1. The van der Waals surface area contributed by atoms with Crippen LogP contribution in [0.3, 0.4) is 0 Å².